The second kappa shape index (κ2) is 8.52. The zero-order valence-corrected chi connectivity index (χ0v) is 11.9. The van der Waals surface area contributed by atoms with Gasteiger partial charge in [-0.05, 0) is 38.1 Å². The van der Waals surface area contributed by atoms with Gasteiger partial charge in [-0.1, -0.05) is 0 Å². The van der Waals surface area contributed by atoms with Crippen molar-refractivity contribution in [1.29, 1.82) is 5.26 Å². The van der Waals surface area contributed by atoms with E-state index in [0.29, 0.717) is 18.2 Å². The summed E-state index contributed by atoms with van der Waals surface area (Å²) in [5, 5.41) is 8.71. The lowest BCUT2D eigenvalue weighted by Crippen LogP contribution is -2.37. The molecule has 0 aromatic heterocycles. The quantitative estimate of drug-likeness (QED) is 0.721. The van der Waals surface area contributed by atoms with Crippen LogP contribution in [0, 0.1) is 11.3 Å². The van der Waals surface area contributed by atoms with E-state index in [9.17, 15) is 0 Å². The van der Waals surface area contributed by atoms with Crippen molar-refractivity contribution in [3.63, 3.8) is 0 Å². The lowest BCUT2D eigenvalue weighted by molar-refractivity contribution is 0.116. The summed E-state index contributed by atoms with van der Waals surface area (Å²) in [7, 11) is 1.71. The third-order valence-electron chi connectivity index (χ3n) is 2.94. The van der Waals surface area contributed by atoms with Crippen molar-refractivity contribution < 1.29 is 9.47 Å². The van der Waals surface area contributed by atoms with Gasteiger partial charge < -0.3 is 9.47 Å². The van der Waals surface area contributed by atoms with E-state index in [-0.39, 0.29) is 0 Å². The van der Waals surface area contributed by atoms with Crippen LogP contribution in [0.4, 0.5) is 0 Å². The summed E-state index contributed by atoms with van der Waals surface area (Å²) in [4.78, 5) is 2.31. The van der Waals surface area contributed by atoms with Gasteiger partial charge in [0, 0.05) is 26.2 Å². The van der Waals surface area contributed by atoms with Gasteiger partial charge in [0.2, 0.25) is 0 Å². The molecule has 0 fully saturated rings. The van der Waals surface area contributed by atoms with Crippen LogP contribution < -0.4 is 4.74 Å². The van der Waals surface area contributed by atoms with E-state index in [1.165, 1.54) is 0 Å². The molecule has 0 unspecified atom stereocenters. The molecule has 0 saturated heterocycles. The summed E-state index contributed by atoms with van der Waals surface area (Å²) >= 11 is 0. The van der Waals surface area contributed by atoms with Gasteiger partial charge in [-0.3, -0.25) is 4.90 Å². The van der Waals surface area contributed by atoms with Crippen molar-refractivity contribution in [1.82, 2.24) is 4.90 Å². The fourth-order valence-electron chi connectivity index (χ4n) is 1.74. The van der Waals surface area contributed by atoms with E-state index >= 15 is 0 Å². The van der Waals surface area contributed by atoms with E-state index in [1.54, 1.807) is 19.2 Å². The minimum Gasteiger partial charge on any atom is -0.492 e. The first-order valence-electron chi connectivity index (χ1n) is 6.53. The second-order valence-corrected chi connectivity index (χ2v) is 4.61. The Bertz CT molecular complexity index is 396. The summed E-state index contributed by atoms with van der Waals surface area (Å²) in [5.41, 5.74) is 0.649. The van der Waals surface area contributed by atoms with Gasteiger partial charge in [0.25, 0.3) is 0 Å². The lowest BCUT2D eigenvalue weighted by atomic mass is 10.2. The van der Waals surface area contributed by atoms with Crippen LogP contribution in [0.15, 0.2) is 24.3 Å². The van der Waals surface area contributed by atoms with Gasteiger partial charge >= 0.3 is 0 Å². The Morgan fingerprint density at radius 3 is 2.32 bits per heavy atom. The molecule has 4 heteroatoms. The highest BCUT2D eigenvalue weighted by Crippen LogP contribution is 2.11. The molecule has 0 aliphatic heterocycles. The zero-order chi connectivity index (χ0) is 14.1. The lowest BCUT2D eigenvalue weighted by Gasteiger charge is -2.25. The number of hydrogen-bond donors (Lipinski definition) is 0. The van der Waals surface area contributed by atoms with E-state index in [0.717, 1.165) is 25.4 Å². The van der Waals surface area contributed by atoms with Crippen molar-refractivity contribution in [2.75, 3.05) is 33.4 Å². The van der Waals surface area contributed by atoms with Crippen LogP contribution in [0.3, 0.4) is 0 Å². The summed E-state index contributed by atoms with van der Waals surface area (Å²) in [6, 6.07) is 9.74. The van der Waals surface area contributed by atoms with Crippen LogP contribution in [0.2, 0.25) is 0 Å². The number of methoxy groups -OCH3 is 1. The predicted octanol–water partition coefficient (Wildman–Crippen LogP) is 2.29. The number of nitriles is 1. The van der Waals surface area contributed by atoms with Gasteiger partial charge in [-0.2, -0.15) is 5.26 Å². The zero-order valence-electron chi connectivity index (χ0n) is 11.9. The maximum absolute atomic E-state index is 8.71. The van der Waals surface area contributed by atoms with Crippen LogP contribution in [-0.4, -0.2) is 44.4 Å². The molecular weight excluding hydrogens is 240 g/mol. The third-order valence-corrected chi connectivity index (χ3v) is 2.94. The highest BCUT2D eigenvalue weighted by atomic mass is 16.5. The van der Waals surface area contributed by atoms with E-state index in [2.05, 4.69) is 24.8 Å². The smallest absolute Gasteiger partial charge is 0.119 e. The minimum absolute atomic E-state index is 0.472. The Morgan fingerprint density at radius 1 is 1.16 bits per heavy atom. The van der Waals surface area contributed by atoms with Crippen LogP contribution >= 0.6 is 0 Å². The number of hydrogen-bond acceptors (Lipinski definition) is 4. The topological polar surface area (TPSA) is 45.5 Å². The van der Waals surface area contributed by atoms with Crippen molar-refractivity contribution in [3.8, 4) is 11.8 Å². The predicted molar refractivity (Wildman–Crippen MR) is 75.2 cm³/mol. The Kier molecular flexibility index (Phi) is 6.94. The standard InChI is InChI=1S/C15H22N2O2/c1-13(2)17(8-10-18-3)9-11-19-15-6-4-14(12-16)5-7-15/h4-7,13H,8-11H2,1-3H3. The van der Waals surface area contributed by atoms with Gasteiger partial charge in [-0.15, -0.1) is 0 Å². The second-order valence-electron chi connectivity index (χ2n) is 4.61. The minimum atomic E-state index is 0.472. The average molecular weight is 262 g/mol. The Hall–Kier alpha value is -1.57. The Labute approximate surface area is 115 Å². The first-order chi connectivity index (χ1) is 9.17. The molecule has 1 aromatic rings. The monoisotopic (exact) mass is 262 g/mol. The average Bonchev–Trinajstić information content (AvgIpc) is 2.43. The number of benzene rings is 1. The molecule has 19 heavy (non-hydrogen) atoms. The SMILES string of the molecule is COCCN(CCOc1ccc(C#N)cc1)C(C)C. The van der Waals surface area contributed by atoms with Crippen LogP contribution in [-0.2, 0) is 4.74 Å². The molecule has 0 spiro atoms. The molecule has 104 valence electrons. The summed E-state index contributed by atoms with van der Waals surface area (Å²) in [6.45, 7) is 7.46. The Balaban J connectivity index is 2.36. The first-order valence-corrected chi connectivity index (χ1v) is 6.53. The molecule has 0 aliphatic rings. The fourth-order valence-corrected chi connectivity index (χ4v) is 1.74. The third kappa shape index (κ3) is 5.73. The summed E-state index contributed by atoms with van der Waals surface area (Å²) in [5.74, 6) is 0.800. The van der Waals surface area contributed by atoms with Gasteiger partial charge in [0.05, 0.1) is 18.2 Å². The number of ether oxygens (including phenoxy) is 2. The molecule has 0 N–H and O–H groups in total. The molecule has 1 rings (SSSR count). The van der Waals surface area contributed by atoms with E-state index in [1.807, 2.05) is 12.1 Å². The summed E-state index contributed by atoms with van der Waals surface area (Å²) in [6.07, 6.45) is 0. The molecule has 0 heterocycles. The van der Waals surface area contributed by atoms with Gasteiger partial charge in [0.15, 0.2) is 0 Å². The van der Waals surface area contributed by atoms with E-state index < -0.39 is 0 Å². The number of nitrogens with zero attached hydrogens (tertiary/aromatic N) is 2. The fraction of sp³-hybridized carbons (Fsp3) is 0.533. The van der Waals surface area contributed by atoms with Crippen LogP contribution in [0.1, 0.15) is 19.4 Å². The van der Waals surface area contributed by atoms with Crippen molar-refractivity contribution in [2.24, 2.45) is 0 Å². The molecule has 0 bridgehead atoms. The van der Waals surface area contributed by atoms with Gasteiger partial charge in [0.1, 0.15) is 12.4 Å². The maximum atomic E-state index is 8.71. The normalized spacial score (nSPS) is 10.7. The molecule has 0 saturated carbocycles. The van der Waals surface area contributed by atoms with Crippen molar-refractivity contribution >= 4 is 0 Å². The van der Waals surface area contributed by atoms with Crippen molar-refractivity contribution in [3.05, 3.63) is 29.8 Å². The molecule has 0 radical (unpaired) electrons. The molecule has 4 nitrogen and oxygen atoms in total. The van der Waals surface area contributed by atoms with Crippen LogP contribution in [0.5, 0.6) is 5.75 Å². The molecule has 0 aliphatic carbocycles. The van der Waals surface area contributed by atoms with Gasteiger partial charge in [-0.25, -0.2) is 0 Å². The number of rotatable bonds is 8. The highest BCUT2D eigenvalue weighted by molar-refractivity contribution is 5.34. The van der Waals surface area contributed by atoms with E-state index in [4.69, 9.17) is 14.7 Å². The molecular formula is C15H22N2O2. The Morgan fingerprint density at radius 2 is 1.79 bits per heavy atom. The molecule has 0 atom stereocenters. The van der Waals surface area contributed by atoms with Crippen molar-refractivity contribution in [2.45, 2.75) is 19.9 Å². The molecule has 1 aromatic carbocycles. The molecule has 0 amide bonds. The maximum Gasteiger partial charge on any atom is 0.119 e. The highest BCUT2D eigenvalue weighted by Gasteiger charge is 2.08. The first kappa shape index (κ1) is 15.5. The largest absolute Gasteiger partial charge is 0.492 e. The van der Waals surface area contributed by atoms with Crippen LogP contribution in [0.25, 0.3) is 0 Å². The summed E-state index contributed by atoms with van der Waals surface area (Å²) < 4.78 is 10.8.